The van der Waals surface area contributed by atoms with Crippen LogP contribution in [-0.2, 0) is 14.9 Å². The van der Waals surface area contributed by atoms with E-state index in [1.165, 1.54) is 0 Å². The lowest BCUT2D eigenvalue weighted by molar-refractivity contribution is -0.131. The van der Waals surface area contributed by atoms with Crippen LogP contribution in [0.5, 0.6) is 0 Å². The normalized spacial score (nSPS) is 13.2. The van der Waals surface area contributed by atoms with Crippen molar-refractivity contribution in [2.75, 3.05) is 0 Å². The molecule has 7 heteroatoms. The summed E-state index contributed by atoms with van der Waals surface area (Å²) in [6.45, 7) is 0. The van der Waals surface area contributed by atoms with Gasteiger partial charge in [-0.3, -0.25) is 4.55 Å². The van der Waals surface area contributed by atoms with Crippen molar-refractivity contribution in [3.63, 3.8) is 0 Å². The Morgan fingerprint density at radius 3 is 1.90 bits per heavy atom. The Hall–Kier alpha value is -0.400. The molecular formula is C3H3BrO5S. The Labute approximate surface area is 65.2 Å². The summed E-state index contributed by atoms with van der Waals surface area (Å²) in [6.07, 6.45) is 0. The average Bonchev–Trinajstić information content (AvgIpc) is 1.60. The van der Waals surface area contributed by atoms with Crippen LogP contribution in [0.3, 0.4) is 0 Å². The number of hydrogen-bond donors (Lipinski definition) is 2. The van der Waals surface area contributed by atoms with E-state index >= 15 is 0 Å². The summed E-state index contributed by atoms with van der Waals surface area (Å²) in [4.78, 5) is 9.47. The molecule has 0 aliphatic heterocycles. The van der Waals surface area contributed by atoms with Crippen LogP contribution in [0.2, 0.25) is 0 Å². The zero-order valence-corrected chi connectivity index (χ0v) is 6.89. The molecule has 2 N–H and O–H groups in total. The maximum Gasteiger partial charge on any atom is 0.350 e. The molecule has 0 aliphatic carbocycles. The Balaban J connectivity index is 4.95. The van der Waals surface area contributed by atoms with Crippen LogP contribution in [0.4, 0.5) is 0 Å². The Kier molecular flexibility index (Phi) is 3.00. The number of carbonyl (C=O) groups is 1. The highest BCUT2D eigenvalue weighted by atomic mass is 79.9. The highest BCUT2D eigenvalue weighted by Gasteiger charge is 2.20. The summed E-state index contributed by atoms with van der Waals surface area (Å²) in [5.41, 5.74) is 0. The van der Waals surface area contributed by atoms with Crippen molar-refractivity contribution in [2.24, 2.45) is 0 Å². The van der Waals surface area contributed by atoms with E-state index in [0.29, 0.717) is 4.99 Å². The number of aliphatic carboxylic acids is 1. The van der Waals surface area contributed by atoms with Gasteiger partial charge in [0.25, 0.3) is 0 Å². The van der Waals surface area contributed by atoms with Gasteiger partial charge in [-0.25, -0.2) is 4.79 Å². The van der Waals surface area contributed by atoms with Crippen molar-refractivity contribution in [1.29, 1.82) is 0 Å². The monoisotopic (exact) mass is 230 g/mol. The van der Waals surface area contributed by atoms with Gasteiger partial charge in [-0.2, -0.15) is 8.42 Å². The minimum absolute atomic E-state index is 0.616. The van der Waals surface area contributed by atoms with Crippen molar-refractivity contribution in [1.82, 2.24) is 0 Å². The fourth-order valence-electron chi connectivity index (χ4n) is 0.213. The largest absolute Gasteiger partial charge is 0.477 e. The first-order chi connectivity index (χ1) is 4.39. The second kappa shape index (κ2) is 3.13. The molecule has 58 valence electrons. The predicted octanol–water partition coefficient (Wildman–Crippen LogP) is 0.195. The zero-order valence-electron chi connectivity index (χ0n) is 4.48. The molecule has 0 fully saturated rings. The second-order valence-electron chi connectivity index (χ2n) is 1.25. The minimum atomic E-state index is -4.60. The van der Waals surface area contributed by atoms with Crippen LogP contribution in [0, 0.1) is 0 Å². The molecule has 0 bridgehead atoms. The summed E-state index contributed by atoms with van der Waals surface area (Å²) in [7, 11) is -4.60. The number of carboxylic acids is 1. The van der Waals surface area contributed by atoms with Gasteiger partial charge in [0.15, 0.2) is 4.91 Å². The van der Waals surface area contributed by atoms with Gasteiger partial charge >= 0.3 is 16.1 Å². The molecule has 0 rings (SSSR count). The first kappa shape index (κ1) is 9.60. The van der Waals surface area contributed by atoms with Crippen molar-refractivity contribution in [2.45, 2.75) is 0 Å². The minimum Gasteiger partial charge on any atom is -0.477 e. The van der Waals surface area contributed by atoms with Crippen LogP contribution in [0.15, 0.2) is 9.89 Å². The van der Waals surface area contributed by atoms with E-state index in [2.05, 4.69) is 15.9 Å². The smallest absolute Gasteiger partial charge is 0.350 e. The lowest BCUT2D eigenvalue weighted by Crippen LogP contribution is -2.10. The van der Waals surface area contributed by atoms with Gasteiger partial charge in [0.1, 0.15) is 0 Å². The van der Waals surface area contributed by atoms with Crippen molar-refractivity contribution >= 4 is 32.0 Å². The van der Waals surface area contributed by atoms with Gasteiger partial charge in [-0.1, -0.05) is 15.9 Å². The van der Waals surface area contributed by atoms with Gasteiger partial charge < -0.3 is 5.11 Å². The molecule has 0 atom stereocenters. The van der Waals surface area contributed by atoms with Crippen LogP contribution in [0.25, 0.3) is 0 Å². The van der Waals surface area contributed by atoms with E-state index in [-0.39, 0.29) is 0 Å². The van der Waals surface area contributed by atoms with Crippen LogP contribution in [-0.4, -0.2) is 24.0 Å². The Morgan fingerprint density at radius 1 is 1.50 bits per heavy atom. The molecule has 0 heterocycles. The molecule has 0 aromatic heterocycles. The number of hydrogen-bond acceptors (Lipinski definition) is 3. The topological polar surface area (TPSA) is 91.7 Å². The number of carboxylic acid groups (broad SMARTS) is 1. The van der Waals surface area contributed by atoms with Crippen LogP contribution < -0.4 is 0 Å². The third kappa shape index (κ3) is 2.46. The van der Waals surface area contributed by atoms with Crippen molar-refractivity contribution in [3.05, 3.63) is 9.89 Å². The van der Waals surface area contributed by atoms with E-state index in [9.17, 15) is 13.2 Å². The Bertz CT molecular complexity index is 263. The first-order valence-electron chi connectivity index (χ1n) is 1.90. The average molecular weight is 231 g/mol. The van der Waals surface area contributed by atoms with E-state index < -0.39 is 21.0 Å². The molecule has 0 aromatic rings. The maximum absolute atomic E-state index is 10.1. The SMILES string of the molecule is O=C(O)C(=CBr)S(=O)(=O)O. The van der Waals surface area contributed by atoms with E-state index in [0.717, 1.165) is 0 Å². The van der Waals surface area contributed by atoms with E-state index in [1.54, 1.807) is 0 Å². The molecule has 0 radical (unpaired) electrons. The van der Waals surface area contributed by atoms with E-state index in [1.807, 2.05) is 0 Å². The highest BCUT2D eigenvalue weighted by Crippen LogP contribution is 2.06. The first-order valence-corrected chi connectivity index (χ1v) is 4.26. The summed E-state index contributed by atoms with van der Waals surface area (Å²) >= 11 is 2.47. The van der Waals surface area contributed by atoms with Gasteiger partial charge in [-0.05, 0) is 0 Å². The van der Waals surface area contributed by atoms with E-state index in [4.69, 9.17) is 9.66 Å². The number of rotatable bonds is 2. The molecule has 10 heavy (non-hydrogen) atoms. The lowest BCUT2D eigenvalue weighted by atomic mass is 10.7. The van der Waals surface area contributed by atoms with Crippen LogP contribution >= 0.6 is 15.9 Å². The molecule has 0 aliphatic rings. The zero-order chi connectivity index (χ0) is 8.36. The summed E-state index contributed by atoms with van der Waals surface area (Å²) in [5.74, 6) is -1.71. The second-order valence-corrected chi connectivity index (χ2v) is 3.10. The molecule has 0 saturated carbocycles. The quantitative estimate of drug-likeness (QED) is 0.523. The molecule has 0 aromatic carbocycles. The third-order valence-electron chi connectivity index (χ3n) is 0.588. The molecule has 0 amide bonds. The van der Waals surface area contributed by atoms with Crippen LogP contribution in [0.1, 0.15) is 0 Å². The lowest BCUT2D eigenvalue weighted by Gasteiger charge is -1.92. The molecule has 0 unspecified atom stereocenters. The Morgan fingerprint density at radius 2 is 1.90 bits per heavy atom. The van der Waals surface area contributed by atoms with Crippen molar-refractivity contribution in [3.8, 4) is 0 Å². The highest BCUT2D eigenvalue weighted by molar-refractivity contribution is 9.11. The van der Waals surface area contributed by atoms with Crippen molar-refractivity contribution < 1.29 is 22.9 Å². The summed E-state index contributed by atoms with van der Waals surface area (Å²) in [5, 5.41) is 8.07. The maximum atomic E-state index is 10.1. The number of halogens is 1. The molecule has 5 nitrogen and oxygen atoms in total. The fourth-order valence-corrected chi connectivity index (χ4v) is 1.45. The molecule has 0 spiro atoms. The van der Waals surface area contributed by atoms with Gasteiger partial charge in [-0.15, -0.1) is 0 Å². The summed E-state index contributed by atoms with van der Waals surface area (Å²) < 4.78 is 28.3. The van der Waals surface area contributed by atoms with Gasteiger partial charge in [0, 0.05) is 4.99 Å². The molecule has 0 saturated heterocycles. The van der Waals surface area contributed by atoms with Gasteiger partial charge in [0.2, 0.25) is 0 Å². The van der Waals surface area contributed by atoms with Gasteiger partial charge in [0.05, 0.1) is 0 Å². The fraction of sp³-hybridized carbons (Fsp3) is 0. The summed E-state index contributed by atoms with van der Waals surface area (Å²) in [6, 6.07) is 0. The third-order valence-corrected chi connectivity index (χ3v) is 2.20. The predicted molar refractivity (Wildman–Crippen MR) is 36.2 cm³/mol. The standard InChI is InChI=1S/C3H3BrO5S/c4-1-2(3(5)6)10(7,8)9/h1H,(H,5,6)(H,7,8,9). The molecular weight excluding hydrogens is 228 g/mol.